The van der Waals surface area contributed by atoms with Crippen LogP contribution in [0.2, 0.25) is 0 Å². The van der Waals surface area contributed by atoms with Gasteiger partial charge in [-0.05, 0) is 31.0 Å². The number of amides is 1. The molecule has 2 rings (SSSR count). The molecule has 0 spiro atoms. The van der Waals surface area contributed by atoms with Crippen LogP contribution in [-0.4, -0.2) is 13.0 Å². The minimum atomic E-state index is 0.175. The molecule has 0 bridgehead atoms. The SMILES string of the molecule is CN.O=C1CCCc2ccccc2CN1. The molecule has 1 aliphatic heterocycles. The van der Waals surface area contributed by atoms with E-state index >= 15 is 0 Å². The topological polar surface area (TPSA) is 55.1 Å². The normalized spacial score (nSPS) is 14.9. The molecule has 1 aromatic carbocycles. The standard InChI is InChI=1S/C11H13NO.CH5N/c13-11-7-3-6-9-4-1-2-5-10(9)8-12-11;1-2/h1-2,4-5H,3,6-8H2,(H,12,13);2H2,1H3. The second-order valence-electron chi connectivity index (χ2n) is 3.40. The van der Waals surface area contributed by atoms with E-state index in [0.29, 0.717) is 13.0 Å². The summed E-state index contributed by atoms with van der Waals surface area (Å²) in [4.78, 5) is 11.1. The number of carbonyl (C=O) groups is 1. The van der Waals surface area contributed by atoms with Crippen molar-refractivity contribution in [1.29, 1.82) is 0 Å². The summed E-state index contributed by atoms with van der Waals surface area (Å²) in [6.07, 6.45) is 2.65. The van der Waals surface area contributed by atoms with E-state index in [1.165, 1.54) is 18.2 Å². The van der Waals surface area contributed by atoms with Crippen molar-refractivity contribution in [2.24, 2.45) is 5.73 Å². The van der Waals surface area contributed by atoms with Crippen molar-refractivity contribution in [2.45, 2.75) is 25.8 Å². The lowest BCUT2D eigenvalue weighted by molar-refractivity contribution is -0.121. The van der Waals surface area contributed by atoms with Crippen molar-refractivity contribution in [3.63, 3.8) is 0 Å². The van der Waals surface area contributed by atoms with Crippen LogP contribution < -0.4 is 11.1 Å². The zero-order valence-corrected chi connectivity index (χ0v) is 9.12. The number of hydrogen-bond acceptors (Lipinski definition) is 2. The monoisotopic (exact) mass is 206 g/mol. The van der Waals surface area contributed by atoms with E-state index in [1.807, 2.05) is 6.07 Å². The Morgan fingerprint density at radius 1 is 1.13 bits per heavy atom. The number of nitrogens with two attached hydrogens (primary N) is 1. The van der Waals surface area contributed by atoms with E-state index in [1.54, 1.807) is 0 Å². The number of hydrogen-bond donors (Lipinski definition) is 2. The van der Waals surface area contributed by atoms with Crippen LogP contribution in [0.25, 0.3) is 0 Å². The van der Waals surface area contributed by atoms with E-state index in [0.717, 1.165) is 12.8 Å². The summed E-state index contributed by atoms with van der Waals surface area (Å²) in [5.74, 6) is 0.175. The zero-order chi connectivity index (χ0) is 11.1. The third-order valence-corrected chi connectivity index (χ3v) is 2.44. The van der Waals surface area contributed by atoms with Gasteiger partial charge in [0.05, 0.1) is 0 Å². The molecule has 15 heavy (non-hydrogen) atoms. The Bertz CT molecular complexity index is 323. The molecule has 0 fully saturated rings. The van der Waals surface area contributed by atoms with E-state index in [2.05, 4.69) is 29.2 Å². The number of fused-ring (bicyclic) bond motifs is 1. The van der Waals surface area contributed by atoms with Gasteiger partial charge in [0.2, 0.25) is 5.91 Å². The minimum absolute atomic E-state index is 0.175. The lowest BCUT2D eigenvalue weighted by Crippen LogP contribution is -2.24. The van der Waals surface area contributed by atoms with Gasteiger partial charge in [0.1, 0.15) is 0 Å². The number of aryl methyl sites for hydroxylation is 1. The zero-order valence-electron chi connectivity index (χ0n) is 9.12. The molecule has 0 unspecified atom stereocenters. The fourth-order valence-electron chi connectivity index (χ4n) is 1.70. The molecule has 0 saturated heterocycles. The molecule has 0 radical (unpaired) electrons. The Morgan fingerprint density at radius 2 is 1.80 bits per heavy atom. The highest BCUT2D eigenvalue weighted by molar-refractivity contribution is 5.76. The molecule has 82 valence electrons. The van der Waals surface area contributed by atoms with Gasteiger partial charge in [-0.15, -0.1) is 0 Å². The molecule has 1 heterocycles. The fourth-order valence-corrected chi connectivity index (χ4v) is 1.70. The summed E-state index contributed by atoms with van der Waals surface area (Å²) >= 11 is 0. The lowest BCUT2D eigenvalue weighted by atomic mass is 10.00. The van der Waals surface area contributed by atoms with Crippen molar-refractivity contribution in [3.05, 3.63) is 35.4 Å². The van der Waals surface area contributed by atoms with Gasteiger partial charge in [0.25, 0.3) is 0 Å². The van der Waals surface area contributed by atoms with Gasteiger partial charge in [0, 0.05) is 13.0 Å². The van der Waals surface area contributed by atoms with Crippen molar-refractivity contribution < 1.29 is 4.79 Å². The average Bonchev–Trinajstić information content (AvgIpc) is 2.28. The average molecular weight is 206 g/mol. The van der Waals surface area contributed by atoms with Gasteiger partial charge in [-0.3, -0.25) is 4.79 Å². The van der Waals surface area contributed by atoms with Crippen molar-refractivity contribution in [1.82, 2.24) is 5.32 Å². The molecule has 1 amide bonds. The van der Waals surface area contributed by atoms with E-state index in [-0.39, 0.29) is 5.91 Å². The second-order valence-corrected chi connectivity index (χ2v) is 3.40. The number of benzene rings is 1. The molecule has 0 aromatic heterocycles. The minimum Gasteiger partial charge on any atom is -0.352 e. The van der Waals surface area contributed by atoms with Gasteiger partial charge < -0.3 is 11.1 Å². The third kappa shape index (κ3) is 3.36. The first-order valence-corrected chi connectivity index (χ1v) is 5.27. The molecular formula is C12H18N2O. The van der Waals surface area contributed by atoms with Crippen LogP contribution in [0.15, 0.2) is 24.3 Å². The maximum atomic E-state index is 11.1. The van der Waals surface area contributed by atoms with Crippen LogP contribution in [0, 0.1) is 0 Å². The molecule has 0 aliphatic carbocycles. The summed E-state index contributed by atoms with van der Waals surface area (Å²) in [6.45, 7) is 0.689. The Hall–Kier alpha value is -1.35. The molecule has 0 saturated carbocycles. The molecule has 3 N–H and O–H groups in total. The highest BCUT2D eigenvalue weighted by Crippen LogP contribution is 2.14. The predicted octanol–water partition coefficient (Wildman–Crippen LogP) is 1.21. The fraction of sp³-hybridized carbons (Fsp3) is 0.417. The molecule has 1 aliphatic rings. The van der Waals surface area contributed by atoms with Gasteiger partial charge in [-0.2, -0.15) is 0 Å². The number of carbonyl (C=O) groups excluding carboxylic acids is 1. The molecular weight excluding hydrogens is 188 g/mol. The van der Waals surface area contributed by atoms with Crippen molar-refractivity contribution in [2.75, 3.05) is 7.05 Å². The smallest absolute Gasteiger partial charge is 0.220 e. The molecule has 1 aromatic rings. The van der Waals surface area contributed by atoms with Crippen LogP contribution in [0.3, 0.4) is 0 Å². The predicted molar refractivity (Wildman–Crippen MR) is 61.3 cm³/mol. The second kappa shape index (κ2) is 6.19. The lowest BCUT2D eigenvalue weighted by Gasteiger charge is -2.13. The Kier molecular flexibility index (Phi) is 4.84. The summed E-state index contributed by atoms with van der Waals surface area (Å²) in [5, 5.41) is 2.90. The van der Waals surface area contributed by atoms with Crippen LogP contribution >= 0.6 is 0 Å². The summed E-state index contributed by atoms with van der Waals surface area (Å²) in [7, 11) is 1.50. The molecule has 0 atom stereocenters. The first-order chi connectivity index (χ1) is 7.36. The Morgan fingerprint density at radius 3 is 2.53 bits per heavy atom. The van der Waals surface area contributed by atoms with Gasteiger partial charge in [-0.1, -0.05) is 24.3 Å². The largest absolute Gasteiger partial charge is 0.352 e. The Labute approximate surface area is 90.7 Å². The maximum Gasteiger partial charge on any atom is 0.220 e. The van der Waals surface area contributed by atoms with E-state index in [4.69, 9.17) is 0 Å². The highest BCUT2D eigenvalue weighted by Gasteiger charge is 2.08. The Balaban J connectivity index is 0.000000531. The van der Waals surface area contributed by atoms with Crippen LogP contribution in [0.5, 0.6) is 0 Å². The first-order valence-electron chi connectivity index (χ1n) is 5.27. The first kappa shape index (κ1) is 11.7. The summed E-state index contributed by atoms with van der Waals surface area (Å²) in [6, 6.07) is 8.31. The third-order valence-electron chi connectivity index (χ3n) is 2.44. The number of nitrogens with one attached hydrogen (secondary N) is 1. The highest BCUT2D eigenvalue weighted by atomic mass is 16.1. The summed E-state index contributed by atoms with van der Waals surface area (Å²) < 4.78 is 0. The van der Waals surface area contributed by atoms with Crippen LogP contribution in [-0.2, 0) is 17.8 Å². The quantitative estimate of drug-likeness (QED) is 0.670. The van der Waals surface area contributed by atoms with E-state index in [9.17, 15) is 4.79 Å². The molecule has 3 heteroatoms. The molecule has 3 nitrogen and oxygen atoms in total. The van der Waals surface area contributed by atoms with Crippen LogP contribution in [0.1, 0.15) is 24.0 Å². The van der Waals surface area contributed by atoms with Gasteiger partial charge >= 0.3 is 0 Å². The van der Waals surface area contributed by atoms with Crippen molar-refractivity contribution >= 4 is 5.91 Å². The van der Waals surface area contributed by atoms with Crippen molar-refractivity contribution in [3.8, 4) is 0 Å². The van der Waals surface area contributed by atoms with E-state index < -0.39 is 0 Å². The number of rotatable bonds is 0. The van der Waals surface area contributed by atoms with Gasteiger partial charge in [-0.25, -0.2) is 0 Å². The van der Waals surface area contributed by atoms with Gasteiger partial charge in [0.15, 0.2) is 0 Å². The van der Waals surface area contributed by atoms with Crippen LogP contribution in [0.4, 0.5) is 0 Å². The summed E-state index contributed by atoms with van der Waals surface area (Å²) in [5.41, 5.74) is 7.14. The maximum absolute atomic E-state index is 11.1.